The normalized spacial score (nSPS) is 14.3. The van der Waals surface area contributed by atoms with Crippen molar-refractivity contribution in [1.29, 1.82) is 5.26 Å². The number of nitriles is 1. The zero-order valence-corrected chi connectivity index (χ0v) is 9.33. The third kappa shape index (κ3) is 2.35. The van der Waals surface area contributed by atoms with Crippen LogP contribution in [0.5, 0.6) is 0 Å². The number of carboxylic acid groups (broad SMARTS) is 1. The Morgan fingerprint density at radius 3 is 3.00 bits per heavy atom. The van der Waals surface area contributed by atoms with Gasteiger partial charge in [-0.05, 0) is 18.2 Å². The van der Waals surface area contributed by atoms with Gasteiger partial charge in [-0.1, -0.05) is 6.07 Å². The first-order valence-electron chi connectivity index (χ1n) is 5.21. The van der Waals surface area contributed by atoms with Crippen LogP contribution in [-0.2, 0) is 9.59 Å². The molecule has 1 N–H and O–H groups in total. The number of benzene rings is 1. The molecule has 0 aliphatic carbocycles. The fraction of sp³-hybridized carbons (Fsp3) is 0.167. The molecule has 0 spiro atoms. The Morgan fingerprint density at radius 1 is 1.56 bits per heavy atom. The smallest absolute Gasteiger partial charge is 0.309 e. The molecular formula is C12H9N3O3. The van der Waals surface area contributed by atoms with Crippen molar-refractivity contribution >= 4 is 23.3 Å². The Bertz CT molecular complexity index is 586. The van der Waals surface area contributed by atoms with Crippen LogP contribution >= 0.6 is 0 Å². The van der Waals surface area contributed by atoms with E-state index in [9.17, 15) is 9.59 Å². The lowest BCUT2D eigenvalue weighted by molar-refractivity contribution is -0.135. The second-order valence-electron chi connectivity index (χ2n) is 3.78. The van der Waals surface area contributed by atoms with E-state index in [-0.39, 0.29) is 18.7 Å². The number of carbonyl (C=O) groups excluding carboxylic acids is 1. The van der Waals surface area contributed by atoms with Gasteiger partial charge in [-0.2, -0.15) is 10.4 Å². The van der Waals surface area contributed by atoms with Gasteiger partial charge in [-0.15, -0.1) is 0 Å². The summed E-state index contributed by atoms with van der Waals surface area (Å²) in [5.41, 5.74) is 1.21. The zero-order valence-electron chi connectivity index (χ0n) is 9.33. The molecule has 0 bridgehead atoms. The molecule has 90 valence electrons. The van der Waals surface area contributed by atoms with E-state index < -0.39 is 5.97 Å². The summed E-state index contributed by atoms with van der Waals surface area (Å²) in [6, 6.07) is 8.41. The van der Waals surface area contributed by atoms with Crippen LogP contribution in [-0.4, -0.2) is 22.7 Å². The standard InChI is InChI=1S/C12H9N3O3/c13-7-8-2-1-3-10(4-8)15-11(16)5-9(14-15)6-12(17)18/h1-4H,5-6H2,(H,17,18). The van der Waals surface area contributed by atoms with Gasteiger partial charge in [0.2, 0.25) is 0 Å². The summed E-state index contributed by atoms with van der Waals surface area (Å²) in [5.74, 6) is -1.31. The van der Waals surface area contributed by atoms with Crippen molar-refractivity contribution in [2.24, 2.45) is 5.10 Å². The number of carboxylic acids is 1. The number of hydrogen-bond acceptors (Lipinski definition) is 4. The van der Waals surface area contributed by atoms with E-state index in [1.165, 1.54) is 6.07 Å². The van der Waals surface area contributed by atoms with Crippen LogP contribution in [0.2, 0.25) is 0 Å². The summed E-state index contributed by atoms with van der Waals surface area (Å²) < 4.78 is 0. The summed E-state index contributed by atoms with van der Waals surface area (Å²) in [6.45, 7) is 0. The molecule has 0 fully saturated rings. The lowest BCUT2D eigenvalue weighted by Gasteiger charge is -2.11. The van der Waals surface area contributed by atoms with Crippen molar-refractivity contribution < 1.29 is 14.7 Å². The molecule has 0 atom stereocenters. The average Bonchev–Trinajstić information content (AvgIpc) is 2.69. The van der Waals surface area contributed by atoms with Crippen LogP contribution in [0.4, 0.5) is 5.69 Å². The minimum absolute atomic E-state index is 0.00306. The van der Waals surface area contributed by atoms with Crippen molar-refractivity contribution in [2.45, 2.75) is 12.8 Å². The third-order valence-corrected chi connectivity index (χ3v) is 2.41. The SMILES string of the molecule is N#Cc1cccc(N2N=C(CC(=O)O)CC2=O)c1. The van der Waals surface area contributed by atoms with Crippen LogP contribution in [0.1, 0.15) is 18.4 Å². The van der Waals surface area contributed by atoms with Gasteiger partial charge in [0.25, 0.3) is 5.91 Å². The van der Waals surface area contributed by atoms with Crippen LogP contribution in [0.15, 0.2) is 29.4 Å². The first-order valence-corrected chi connectivity index (χ1v) is 5.21. The molecule has 1 aromatic carbocycles. The molecule has 6 nitrogen and oxygen atoms in total. The molecule has 1 heterocycles. The van der Waals surface area contributed by atoms with Gasteiger partial charge < -0.3 is 5.11 Å². The van der Waals surface area contributed by atoms with E-state index in [4.69, 9.17) is 10.4 Å². The lowest BCUT2D eigenvalue weighted by Crippen LogP contribution is -2.19. The maximum Gasteiger partial charge on any atom is 0.309 e. The minimum atomic E-state index is -1.02. The number of carbonyl (C=O) groups is 2. The predicted molar refractivity (Wildman–Crippen MR) is 62.9 cm³/mol. The number of hydrogen-bond donors (Lipinski definition) is 1. The molecule has 0 aromatic heterocycles. The monoisotopic (exact) mass is 243 g/mol. The van der Waals surface area contributed by atoms with Gasteiger partial charge >= 0.3 is 5.97 Å². The highest BCUT2D eigenvalue weighted by atomic mass is 16.4. The van der Waals surface area contributed by atoms with Crippen molar-refractivity contribution in [3.63, 3.8) is 0 Å². The van der Waals surface area contributed by atoms with Crippen LogP contribution in [0, 0.1) is 11.3 Å². The minimum Gasteiger partial charge on any atom is -0.481 e. The maximum absolute atomic E-state index is 11.7. The van der Waals surface area contributed by atoms with Crippen LogP contribution in [0.3, 0.4) is 0 Å². The van der Waals surface area contributed by atoms with E-state index >= 15 is 0 Å². The van der Waals surface area contributed by atoms with Gasteiger partial charge in [0.15, 0.2) is 0 Å². The Balaban J connectivity index is 2.27. The van der Waals surface area contributed by atoms with E-state index in [1.54, 1.807) is 18.2 Å². The lowest BCUT2D eigenvalue weighted by atomic mass is 10.2. The Hall–Kier alpha value is -2.68. The van der Waals surface area contributed by atoms with Crippen LogP contribution in [0.25, 0.3) is 0 Å². The first-order chi connectivity index (χ1) is 8.60. The summed E-state index contributed by atoms with van der Waals surface area (Å²) in [4.78, 5) is 22.3. The van der Waals surface area contributed by atoms with E-state index in [2.05, 4.69) is 5.10 Å². The molecule has 0 saturated carbocycles. The van der Waals surface area contributed by atoms with Gasteiger partial charge in [0.1, 0.15) is 0 Å². The molecule has 1 aromatic rings. The Morgan fingerprint density at radius 2 is 2.33 bits per heavy atom. The Kier molecular flexibility index (Phi) is 3.06. The van der Waals surface area contributed by atoms with Crippen molar-refractivity contribution in [2.75, 3.05) is 5.01 Å². The number of amides is 1. The third-order valence-electron chi connectivity index (χ3n) is 2.41. The number of nitrogens with zero attached hydrogens (tertiary/aromatic N) is 3. The highest BCUT2D eigenvalue weighted by molar-refractivity contribution is 6.16. The predicted octanol–water partition coefficient (Wildman–Crippen LogP) is 1.13. The van der Waals surface area contributed by atoms with Gasteiger partial charge in [-0.3, -0.25) is 9.59 Å². The second kappa shape index (κ2) is 4.67. The number of hydrazone groups is 1. The number of rotatable bonds is 3. The van der Waals surface area contributed by atoms with Crippen molar-refractivity contribution in [3.8, 4) is 6.07 Å². The number of anilines is 1. The largest absolute Gasteiger partial charge is 0.481 e. The number of aliphatic carboxylic acids is 1. The summed E-state index contributed by atoms with van der Waals surface area (Å²) >= 11 is 0. The molecule has 1 amide bonds. The molecule has 0 radical (unpaired) electrons. The van der Waals surface area contributed by atoms with Gasteiger partial charge in [-0.25, -0.2) is 5.01 Å². The summed E-state index contributed by atoms with van der Waals surface area (Å²) in [7, 11) is 0. The van der Waals surface area contributed by atoms with Crippen LogP contribution < -0.4 is 5.01 Å². The van der Waals surface area contributed by atoms with E-state index in [1.807, 2.05) is 6.07 Å². The molecule has 2 rings (SSSR count). The fourth-order valence-electron chi connectivity index (χ4n) is 1.66. The van der Waals surface area contributed by atoms with E-state index in [0.29, 0.717) is 17.0 Å². The van der Waals surface area contributed by atoms with Gasteiger partial charge in [0.05, 0.1) is 35.9 Å². The second-order valence-corrected chi connectivity index (χ2v) is 3.78. The van der Waals surface area contributed by atoms with Crippen molar-refractivity contribution in [3.05, 3.63) is 29.8 Å². The first kappa shape index (κ1) is 11.8. The summed E-state index contributed by atoms with van der Waals surface area (Å²) in [6.07, 6.45) is -0.247. The summed E-state index contributed by atoms with van der Waals surface area (Å²) in [5, 5.41) is 22.5. The Labute approximate surface area is 103 Å². The highest BCUT2D eigenvalue weighted by Gasteiger charge is 2.26. The molecule has 6 heteroatoms. The fourth-order valence-corrected chi connectivity index (χ4v) is 1.66. The molecular weight excluding hydrogens is 234 g/mol. The molecule has 18 heavy (non-hydrogen) atoms. The van der Waals surface area contributed by atoms with E-state index in [0.717, 1.165) is 5.01 Å². The zero-order chi connectivity index (χ0) is 13.1. The topological polar surface area (TPSA) is 93.8 Å². The average molecular weight is 243 g/mol. The molecule has 1 aliphatic heterocycles. The highest BCUT2D eigenvalue weighted by Crippen LogP contribution is 2.22. The molecule has 1 aliphatic rings. The van der Waals surface area contributed by atoms with Gasteiger partial charge in [0, 0.05) is 0 Å². The quantitative estimate of drug-likeness (QED) is 0.860. The van der Waals surface area contributed by atoms with Crippen molar-refractivity contribution in [1.82, 2.24) is 0 Å². The molecule has 0 unspecified atom stereocenters. The molecule has 0 saturated heterocycles. The maximum atomic E-state index is 11.7.